The highest BCUT2D eigenvalue weighted by Gasteiger charge is 2.19. The lowest BCUT2D eigenvalue weighted by atomic mass is 10.2. The maximum Gasteiger partial charge on any atom is 0.332 e. The van der Waals surface area contributed by atoms with Gasteiger partial charge in [0.15, 0.2) is 0 Å². The molecule has 120 valence electrons. The average Bonchev–Trinajstić information content (AvgIpc) is 2.57. The van der Waals surface area contributed by atoms with Crippen molar-refractivity contribution in [3.8, 4) is 0 Å². The van der Waals surface area contributed by atoms with E-state index in [1.807, 2.05) is 11.0 Å². The predicted octanol–water partition coefficient (Wildman–Crippen LogP) is -0.467. The summed E-state index contributed by atoms with van der Waals surface area (Å²) < 4.78 is 6.76. The molecule has 0 saturated carbocycles. The van der Waals surface area contributed by atoms with Crippen LogP contribution in [-0.2, 0) is 4.74 Å². The highest BCUT2D eigenvalue weighted by molar-refractivity contribution is 5.87. The molecular formula is C14H16N6O3. The fourth-order valence-corrected chi connectivity index (χ4v) is 2.38. The van der Waals surface area contributed by atoms with Crippen molar-refractivity contribution in [1.82, 2.24) is 14.8 Å². The second-order valence-corrected chi connectivity index (χ2v) is 4.92. The number of carbonyl (C=O) groups is 1. The number of fused-ring (bicyclic) bond motifs is 1. The van der Waals surface area contributed by atoms with Gasteiger partial charge in [-0.15, -0.1) is 0 Å². The molecule has 0 aromatic carbocycles. The largest absolute Gasteiger partial charge is 0.378 e. The fourth-order valence-electron chi connectivity index (χ4n) is 2.38. The zero-order chi connectivity index (χ0) is 16.2. The number of amides is 2. The van der Waals surface area contributed by atoms with E-state index < -0.39 is 6.03 Å². The molecule has 1 fully saturated rings. The molecule has 3 N–H and O–H groups in total. The molecule has 9 heteroatoms. The monoisotopic (exact) mass is 316 g/mol. The second-order valence-electron chi connectivity index (χ2n) is 4.92. The lowest BCUT2D eigenvalue weighted by Gasteiger charge is -2.28. The van der Waals surface area contributed by atoms with Crippen molar-refractivity contribution in [2.45, 2.75) is 0 Å². The predicted molar refractivity (Wildman–Crippen MR) is 84.8 cm³/mol. The number of aromatic nitrogens is 2. The molecule has 9 nitrogen and oxygen atoms in total. The summed E-state index contributed by atoms with van der Waals surface area (Å²) in [6, 6.07) is 4.51. The Hall–Kier alpha value is -2.94. The molecule has 0 bridgehead atoms. The van der Waals surface area contributed by atoms with E-state index in [4.69, 9.17) is 10.5 Å². The summed E-state index contributed by atoms with van der Waals surface area (Å²) in [6.07, 6.45) is 2.90. The number of anilines is 1. The number of nitrogens with one attached hydrogen (secondary N) is 1. The minimum Gasteiger partial charge on any atom is -0.378 e. The first-order valence-electron chi connectivity index (χ1n) is 7.09. The molecule has 0 spiro atoms. The van der Waals surface area contributed by atoms with E-state index in [0.717, 1.165) is 0 Å². The van der Waals surface area contributed by atoms with Crippen LogP contribution in [0.25, 0.3) is 5.65 Å². The third kappa shape index (κ3) is 3.14. The first-order chi connectivity index (χ1) is 11.2. The van der Waals surface area contributed by atoms with Gasteiger partial charge in [0.05, 0.1) is 19.4 Å². The Kier molecular flexibility index (Phi) is 4.20. The van der Waals surface area contributed by atoms with Crippen molar-refractivity contribution in [2.75, 3.05) is 31.2 Å². The highest BCUT2D eigenvalue weighted by Crippen LogP contribution is 2.16. The van der Waals surface area contributed by atoms with Gasteiger partial charge >= 0.3 is 6.03 Å². The fraction of sp³-hybridized carbons (Fsp3) is 0.286. The van der Waals surface area contributed by atoms with E-state index in [9.17, 15) is 9.59 Å². The van der Waals surface area contributed by atoms with Crippen LogP contribution in [0.5, 0.6) is 0 Å². The molecule has 1 saturated heterocycles. The van der Waals surface area contributed by atoms with Crippen LogP contribution in [0.15, 0.2) is 34.3 Å². The van der Waals surface area contributed by atoms with E-state index in [1.165, 1.54) is 10.6 Å². The average molecular weight is 316 g/mol. The van der Waals surface area contributed by atoms with Gasteiger partial charge < -0.3 is 15.4 Å². The van der Waals surface area contributed by atoms with Gasteiger partial charge in [0, 0.05) is 19.3 Å². The van der Waals surface area contributed by atoms with Gasteiger partial charge in [-0.05, 0) is 12.1 Å². The molecule has 2 aromatic rings. The number of hydrogen-bond donors (Lipinski definition) is 2. The Labute approximate surface area is 131 Å². The number of nitrogens with zero attached hydrogens (tertiary/aromatic N) is 4. The maximum absolute atomic E-state index is 12.7. The van der Waals surface area contributed by atoms with E-state index in [0.29, 0.717) is 37.8 Å². The first kappa shape index (κ1) is 15.0. The molecule has 1 aliphatic heterocycles. The number of rotatable bonds is 3. The third-order valence-electron chi connectivity index (χ3n) is 3.43. The molecule has 0 atom stereocenters. The van der Waals surface area contributed by atoms with Gasteiger partial charge in [-0.2, -0.15) is 5.10 Å². The minimum absolute atomic E-state index is 0.271. The third-order valence-corrected chi connectivity index (χ3v) is 3.43. The van der Waals surface area contributed by atoms with Crippen molar-refractivity contribution in [3.63, 3.8) is 0 Å². The molecule has 3 heterocycles. The summed E-state index contributed by atoms with van der Waals surface area (Å²) >= 11 is 0. The highest BCUT2D eigenvalue weighted by atomic mass is 16.5. The molecule has 0 radical (unpaired) electrons. The topological polar surface area (TPSA) is 114 Å². The smallest absolute Gasteiger partial charge is 0.332 e. The Morgan fingerprint density at radius 1 is 1.39 bits per heavy atom. The number of carbonyl (C=O) groups excluding carboxylic acids is 1. The Morgan fingerprint density at radius 2 is 2.17 bits per heavy atom. The van der Waals surface area contributed by atoms with Crippen LogP contribution in [-0.4, -0.2) is 47.9 Å². The van der Waals surface area contributed by atoms with E-state index in [2.05, 4.69) is 15.5 Å². The van der Waals surface area contributed by atoms with Crippen LogP contribution in [0.2, 0.25) is 0 Å². The summed E-state index contributed by atoms with van der Waals surface area (Å²) in [4.78, 5) is 30.0. The zero-order valence-electron chi connectivity index (χ0n) is 12.3. The SMILES string of the molecule is NC(=O)N/N=C/c1c(N2CCOCC2)nc2ccccn2c1=O. The van der Waals surface area contributed by atoms with Gasteiger partial charge in [0.25, 0.3) is 5.56 Å². The van der Waals surface area contributed by atoms with Crippen LogP contribution in [0.3, 0.4) is 0 Å². The van der Waals surface area contributed by atoms with Crippen LogP contribution in [0.4, 0.5) is 10.6 Å². The van der Waals surface area contributed by atoms with E-state index in [1.54, 1.807) is 18.3 Å². The van der Waals surface area contributed by atoms with Crippen molar-refractivity contribution in [1.29, 1.82) is 0 Å². The molecule has 2 amide bonds. The number of primary amides is 1. The number of hydrogen-bond acceptors (Lipinski definition) is 6. The molecule has 2 aromatic heterocycles. The van der Waals surface area contributed by atoms with Crippen molar-refractivity contribution in [2.24, 2.45) is 10.8 Å². The number of nitrogens with two attached hydrogens (primary N) is 1. The minimum atomic E-state index is -0.803. The molecule has 23 heavy (non-hydrogen) atoms. The molecular weight excluding hydrogens is 300 g/mol. The summed E-state index contributed by atoms with van der Waals surface area (Å²) in [6.45, 7) is 2.37. The molecule has 0 aliphatic carbocycles. The van der Waals surface area contributed by atoms with Gasteiger partial charge in [-0.3, -0.25) is 9.20 Å². The van der Waals surface area contributed by atoms with Crippen LogP contribution in [0.1, 0.15) is 5.56 Å². The standard InChI is InChI=1S/C14H16N6O3/c15-14(22)18-16-9-10-12(19-5-7-23-8-6-19)17-11-3-1-2-4-20(11)13(10)21/h1-4,9H,5-8H2,(H3,15,18,22)/b16-9+. The summed E-state index contributed by atoms with van der Waals surface area (Å²) in [7, 11) is 0. The number of pyridine rings is 1. The number of urea groups is 1. The second kappa shape index (κ2) is 6.44. The summed E-state index contributed by atoms with van der Waals surface area (Å²) in [5.74, 6) is 0.513. The number of hydrazone groups is 1. The summed E-state index contributed by atoms with van der Waals surface area (Å²) in [5, 5.41) is 3.70. The lowest BCUT2D eigenvalue weighted by Crippen LogP contribution is -2.39. The molecule has 0 unspecified atom stereocenters. The summed E-state index contributed by atoms with van der Waals surface area (Å²) in [5.41, 5.74) is 7.62. The number of ether oxygens (including phenoxy) is 1. The Bertz CT molecular complexity index is 810. The van der Waals surface area contributed by atoms with Crippen molar-refractivity contribution >= 4 is 23.7 Å². The van der Waals surface area contributed by atoms with E-state index in [-0.39, 0.29) is 11.1 Å². The Morgan fingerprint density at radius 3 is 2.91 bits per heavy atom. The van der Waals surface area contributed by atoms with Crippen LogP contribution < -0.4 is 21.6 Å². The van der Waals surface area contributed by atoms with Gasteiger partial charge in [-0.1, -0.05) is 6.07 Å². The maximum atomic E-state index is 12.7. The van der Waals surface area contributed by atoms with Crippen molar-refractivity contribution in [3.05, 3.63) is 40.3 Å². The normalized spacial score (nSPS) is 15.2. The van der Waals surface area contributed by atoms with Crippen LogP contribution >= 0.6 is 0 Å². The van der Waals surface area contributed by atoms with E-state index >= 15 is 0 Å². The number of morpholine rings is 1. The van der Waals surface area contributed by atoms with Gasteiger partial charge in [0.1, 0.15) is 17.0 Å². The molecule has 1 aliphatic rings. The zero-order valence-corrected chi connectivity index (χ0v) is 12.3. The lowest BCUT2D eigenvalue weighted by molar-refractivity contribution is 0.122. The Balaban J connectivity index is 2.12. The van der Waals surface area contributed by atoms with Gasteiger partial charge in [0.2, 0.25) is 0 Å². The first-order valence-corrected chi connectivity index (χ1v) is 7.09. The van der Waals surface area contributed by atoms with Crippen LogP contribution in [0, 0.1) is 0 Å². The van der Waals surface area contributed by atoms with Gasteiger partial charge in [-0.25, -0.2) is 15.2 Å². The quantitative estimate of drug-likeness (QED) is 0.587. The molecule has 3 rings (SSSR count). The van der Waals surface area contributed by atoms with Crippen molar-refractivity contribution < 1.29 is 9.53 Å².